The van der Waals surface area contributed by atoms with Crippen molar-refractivity contribution in [2.45, 2.75) is 65.5 Å². The van der Waals surface area contributed by atoms with E-state index in [1.54, 1.807) is 0 Å². The highest BCUT2D eigenvalue weighted by molar-refractivity contribution is 5.23. The van der Waals surface area contributed by atoms with Crippen LogP contribution in [0.25, 0.3) is 0 Å². The number of benzene rings is 3. The maximum absolute atomic E-state index is 2.59. The topological polar surface area (TPSA) is 6.48 Å². The Morgan fingerprint density at radius 2 is 0.882 bits per heavy atom. The van der Waals surface area contributed by atoms with Gasteiger partial charge < -0.3 is 0 Å². The van der Waals surface area contributed by atoms with E-state index >= 15 is 0 Å². The SMILES string of the molecule is CCN(CCCCc1ccccc1)Cc1cccc(CN(CC)CCCCc2ccccc2)c1. The molecule has 3 rings (SSSR count). The Bertz CT molecular complexity index is 834. The van der Waals surface area contributed by atoms with Crippen LogP contribution in [0.3, 0.4) is 0 Å². The molecule has 0 fully saturated rings. The fourth-order valence-electron chi connectivity index (χ4n) is 4.66. The molecule has 0 unspecified atom stereocenters. The van der Waals surface area contributed by atoms with E-state index in [2.05, 4.69) is 109 Å². The van der Waals surface area contributed by atoms with Crippen LogP contribution in [0.1, 0.15) is 61.8 Å². The van der Waals surface area contributed by atoms with Crippen LogP contribution in [0.15, 0.2) is 84.9 Å². The van der Waals surface area contributed by atoms with Crippen molar-refractivity contribution >= 4 is 0 Å². The summed E-state index contributed by atoms with van der Waals surface area (Å²) in [6.07, 6.45) is 7.41. The molecule has 0 N–H and O–H groups in total. The number of aryl methyl sites for hydroxylation is 2. The van der Waals surface area contributed by atoms with Crippen LogP contribution < -0.4 is 0 Å². The molecule has 2 heteroatoms. The average Bonchev–Trinajstić information content (AvgIpc) is 2.89. The Morgan fingerprint density at radius 3 is 1.29 bits per heavy atom. The second-order valence-corrected chi connectivity index (χ2v) is 9.44. The normalized spacial score (nSPS) is 11.4. The fourth-order valence-corrected chi connectivity index (χ4v) is 4.66. The Hall–Kier alpha value is -2.42. The molecule has 0 atom stereocenters. The molecule has 3 aromatic rings. The second kappa shape index (κ2) is 15.5. The highest BCUT2D eigenvalue weighted by atomic mass is 15.1. The van der Waals surface area contributed by atoms with E-state index in [4.69, 9.17) is 0 Å². The second-order valence-electron chi connectivity index (χ2n) is 9.44. The lowest BCUT2D eigenvalue weighted by atomic mass is 10.1. The maximum atomic E-state index is 2.59. The summed E-state index contributed by atoms with van der Waals surface area (Å²) < 4.78 is 0. The quantitative estimate of drug-likeness (QED) is 0.208. The molecule has 0 saturated carbocycles. The van der Waals surface area contributed by atoms with E-state index in [9.17, 15) is 0 Å². The van der Waals surface area contributed by atoms with Crippen molar-refractivity contribution in [1.82, 2.24) is 9.80 Å². The molecular weight excluding hydrogens is 412 g/mol. The first-order valence-electron chi connectivity index (χ1n) is 13.4. The minimum Gasteiger partial charge on any atom is -0.299 e. The van der Waals surface area contributed by atoms with Crippen molar-refractivity contribution in [3.63, 3.8) is 0 Å². The van der Waals surface area contributed by atoms with Gasteiger partial charge in [-0.1, -0.05) is 98.8 Å². The van der Waals surface area contributed by atoms with Gasteiger partial charge >= 0.3 is 0 Å². The summed E-state index contributed by atoms with van der Waals surface area (Å²) in [5.74, 6) is 0. The van der Waals surface area contributed by atoms with Crippen LogP contribution in [0, 0.1) is 0 Å². The van der Waals surface area contributed by atoms with Gasteiger partial charge in [0.2, 0.25) is 0 Å². The highest BCUT2D eigenvalue weighted by Crippen LogP contribution is 2.13. The van der Waals surface area contributed by atoms with Gasteiger partial charge in [0.1, 0.15) is 0 Å². The summed E-state index contributed by atoms with van der Waals surface area (Å²) in [7, 11) is 0. The van der Waals surface area contributed by atoms with Gasteiger partial charge in [-0.05, 0) is 87.0 Å². The first kappa shape index (κ1) is 26.2. The van der Waals surface area contributed by atoms with Gasteiger partial charge in [0.15, 0.2) is 0 Å². The van der Waals surface area contributed by atoms with Crippen molar-refractivity contribution in [3.05, 3.63) is 107 Å². The molecule has 0 saturated heterocycles. The van der Waals surface area contributed by atoms with E-state index in [-0.39, 0.29) is 0 Å². The third kappa shape index (κ3) is 9.83. The summed E-state index contributed by atoms with van der Waals surface area (Å²) in [6.45, 7) is 11.3. The van der Waals surface area contributed by atoms with Gasteiger partial charge in [-0.2, -0.15) is 0 Å². The largest absolute Gasteiger partial charge is 0.299 e. The van der Waals surface area contributed by atoms with Crippen LogP contribution in [0.5, 0.6) is 0 Å². The molecule has 0 aromatic heterocycles. The van der Waals surface area contributed by atoms with E-state index in [1.165, 1.54) is 73.9 Å². The monoisotopic (exact) mass is 456 g/mol. The van der Waals surface area contributed by atoms with Gasteiger partial charge in [0.25, 0.3) is 0 Å². The zero-order valence-corrected chi connectivity index (χ0v) is 21.5. The van der Waals surface area contributed by atoms with Crippen LogP contribution in [0.2, 0.25) is 0 Å². The van der Waals surface area contributed by atoms with Gasteiger partial charge in [0, 0.05) is 13.1 Å². The number of hydrogen-bond acceptors (Lipinski definition) is 2. The molecule has 3 aromatic carbocycles. The van der Waals surface area contributed by atoms with Crippen LogP contribution in [-0.2, 0) is 25.9 Å². The lowest BCUT2D eigenvalue weighted by molar-refractivity contribution is 0.269. The zero-order chi connectivity index (χ0) is 23.8. The third-order valence-corrected chi connectivity index (χ3v) is 6.76. The summed E-state index contributed by atoms with van der Waals surface area (Å²) in [4.78, 5) is 5.18. The number of hydrogen-bond donors (Lipinski definition) is 0. The van der Waals surface area contributed by atoms with Gasteiger partial charge in [-0.25, -0.2) is 0 Å². The van der Waals surface area contributed by atoms with Gasteiger partial charge in [-0.15, -0.1) is 0 Å². The minimum atomic E-state index is 1.05. The maximum Gasteiger partial charge on any atom is 0.0233 e. The molecule has 34 heavy (non-hydrogen) atoms. The molecule has 0 heterocycles. The molecule has 0 amide bonds. The first-order valence-corrected chi connectivity index (χ1v) is 13.4. The summed E-state index contributed by atoms with van der Waals surface area (Å²) in [5.41, 5.74) is 5.81. The number of rotatable bonds is 16. The fraction of sp³-hybridized carbons (Fsp3) is 0.438. The molecule has 0 bridgehead atoms. The Morgan fingerprint density at radius 1 is 0.471 bits per heavy atom. The zero-order valence-electron chi connectivity index (χ0n) is 21.5. The van der Waals surface area contributed by atoms with Crippen molar-refractivity contribution in [1.29, 1.82) is 0 Å². The van der Waals surface area contributed by atoms with Crippen LogP contribution in [-0.4, -0.2) is 36.0 Å². The smallest absolute Gasteiger partial charge is 0.0233 e. The van der Waals surface area contributed by atoms with E-state index in [0.29, 0.717) is 0 Å². The molecule has 0 aliphatic carbocycles. The molecular formula is C32H44N2. The summed E-state index contributed by atoms with van der Waals surface area (Å²) in [6, 6.07) is 31.0. The van der Waals surface area contributed by atoms with Gasteiger partial charge in [-0.3, -0.25) is 9.80 Å². The number of nitrogens with zero attached hydrogens (tertiary/aromatic N) is 2. The number of unbranched alkanes of at least 4 members (excludes halogenated alkanes) is 2. The predicted molar refractivity (Wildman–Crippen MR) is 147 cm³/mol. The van der Waals surface area contributed by atoms with Crippen molar-refractivity contribution < 1.29 is 0 Å². The van der Waals surface area contributed by atoms with Crippen LogP contribution in [0.4, 0.5) is 0 Å². The molecule has 0 aliphatic rings. The Balaban J connectivity index is 1.40. The standard InChI is InChI=1S/C32H44N2/c1-3-33(24-13-11-20-29-16-7-5-8-17-29)27-31-22-15-23-32(26-31)28-34(4-2)25-14-12-21-30-18-9-6-10-19-30/h5-10,15-19,22-23,26H,3-4,11-14,20-21,24-25,27-28H2,1-2H3. The molecule has 182 valence electrons. The predicted octanol–water partition coefficient (Wildman–Crippen LogP) is 7.38. The lowest BCUT2D eigenvalue weighted by Gasteiger charge is -2.23. The third-order valence-electron chi connectivity index (χ3n) is 6.76. The van der Waals surface area contributed by atoms with Gasteiger partial charge in [0.05, 0.1) is 0 Å². The van der Waals surface area contributed by atoms with E-state index in [1.807, 2.05) is 0 Å². The Kier molecular flexibility index (Phi) is 11.9. The van der Waals surface area contributed by atoms with Crippen molar-refractivity contribution in [2.24, 2.45) is 0 Å². The molecule has 0 spiro atoms. The van der Waals surface area contributed by atoms with Crippen LogP contribution >= 0.6 is 0 Å². The van der Waals surface area contributed by atoms with Crippen molar-refractivity contribution in [2.75, 3.05) is 26.2 Å². The van der Waals surface area contributed by atoms with Crippen molar-refractivity contribution in [3.8, 4) is 0 Å². The van der Waals surface area contributed by atoms with E-state index in [0.717, 1.165) is 26.2 Å². The molecule has 2 nitrogen and oxygen atoms in total. The summed E-state index contributed by atoms with van der Waals surface area (Å²) in [5, 5.41) is 0. The van der Waals surface area contributed by atoms with E-state index < -0.39 is 0 Å². The first-order chi connectivity index (χ1) is 16.8. The molecule has 0 radical (unpaired) electrons. The summed E-state index contributed by atoms with van der Waals surface area (Å²) >= 11 is 0. The average molecular weight is 457 g/mol. The molecule has 0 aliphatic heterocycles. The Labute approximate surface area is 208 Å². The minimum absolute atomic E-state index is 1.05. The lowest BCUT2D eigenvalue weighted by Crippen LogP contribution is -2.25. The highest BCUT2D eigenvalue weighted by Gasteiger charge is 2.08.